The predicted octanol–water partition coefficient (Wildman–Crippen LogP) is 3.20. The minimum absolute atomic E-state index is 0.131. The number of aromatic nitrogens is 3. The second-order valence-electron chi connectivity index (χ2n) is 2.55. The Labute approximate surface area is 87.1 Å². The van der Waals surface area contributed by atoms with Crippen LogP contribution in [0.3, 0.4) is 0 Å². The largest absolute Gasteiger partial charge is 0.322 e. The van der Waals surface area contributed by atoms with Crippen molar-refractivity contribution in [2.45, 2.75) is 6.43 Å². The SMILES string of the molecule is FC(F)c1nc2c(Cl)cc(Cl)nc2[nH]1. The van der Waals surface area contributed by atoms with Crippen molar-refractivity contribution in [2.24, 2.45) is 0 Å². The number of aromatic amines is 1. The van der Waals surface area contributed by atoms with Crippen LogP contribution in [0.5, 0.6) is 0 Å². The fourth-order valence-corrected chi connectivity index (χ4v) is 1.53. The third-order valence-electron chi connectivity index (χ3n) is 1.60. The van der Waals surface area contributed by atoms with Gasteiger partial charge in [0, 0.05) is 0 Å². The monoisotopic (exact) mass is 237 g/mol. The second kappa shape index (κ2) is 3.33. The van der Waals surface area contributed by atoms with Crippen LogP contribution < -0.4 is 0 Å². The minimum atomic E-state index is -2.68. The summed E-state index contributed by atoms with van der Waals surface area (Å²) in [6.07, 6.45) is -2.68. The van der Waals surface area contributed by atoms with Crippen LogP contribution in [0.1, 0.15) is 12.2 Å². The first-order valence-electron chi connectivity index (χ1n) is 3.57. The number of nitrogens with zero attached hydrogens (tertiary/aromatic N) is 2. The highest BCUT2D eigenvalue weighted by Crippen LogP contribution is 2.26. The molecule has 2 rings (SSSR count). The van der Waals surface area contributed by atoms with Crippen molar-refractivity contribution < 1.29 is 8.78 Å². The number of H-pyrrole nitrogens is 1. The van der Waals surface area contributed by atoms with Crippen molar-refractivity contribution in [3.8, 4) is 0 Å². The summed E-state index contributed by atoms with van der Waals surface area (Å²) in [6.45, 7) is 0. The maximum Gasteiger partial charge on any atom is 0.295 e. The van der Waals surface area contributed by atoms with Crippen LogP contribution >= 0.6 is 23.2 Å². The fraction of sp³-hybridized carbons (Fsp3) is 0.143. The number of rotatable bonds is 1. The molecule has 0 amide bonds. The third-order valence-corrected chi connectivity index (χ3v) is 2.08. The molecule has 0 bridgehead atoms. The molecule has 74 valence electrons. The highest BCUT2D eigenvalue weighted by molar-refractivity contribution is 6.37. The zero-order chi connectivity index (χ0) is 10.3. The lowest BCUT2D eigenvalue weighted by Crippen LogP contribution is -1.85. The zero-order valence-electron chi connectivity index (χ0n) is 6.56. The molecule has 1 N–H and O–H groups in total. The fourth-order valence-electron chi connectivity index (χ4n) is 1.04. The van der Waals surface area contributed by atoms with Gasteiger partial charge in [0.25, 0.3) is 6.43 Å². The second-order valence-corrected chi connectivity index (χ2v) is 3.34. The van der Waals surface area contributed by atoms with Crippen LogP contribution in [-0.2, 0) is 0 Å². The van der Waals surface area contributed by atoms with E-state index in [2.05, 4.69) is 15.0 Å². The lowest BCUT2D eigenvalue weighted by Gasteiger charge is -1.91. The Morgan fingerprint density at radius 2 is 2.00 bits per heavy atom. The number of halogens is 4. The van der Waals surface area contributed by atoms with Crippen LogP contribution in [0.15, 0.2) is 6.07 Å². The Morgan fingerprint density at radius 3 is 2.64 bits per heavy atom. The molecule has 0 atom stereocenters. The van der Waals surface area contributed by atoms with Gasteiger partial charge < -0.3 is 4.98 Å². The first-order chi connectivity index (χ1) is 6.58. The van der Waals surface area contributed by atoms with Gasteiger partial charge in [-0.1, -0.05) is 23.2 Å². The van der Waals surface area contributed by atoms with Gasteiger partial charge in [0.05, 0.1) is 5.02 Å². The number of hydrogen-bond acceptors (Lipinski definition) is 2. The summed E-state index contributed by atoms with van der Waals surface area (Å²) in [7, 11) is 0. The first-order valence-corrected chi connectivity index (χ1v) is 4.33. The van der Waals surface area contributed by atoms with Gasteiger partial charge in [-0.15, -0.1) is 0 Å². The molecule has 7 heteroatoms. The van der Waals surface area contributed by atoms with E-state index < -0.39 is 12.2 Å². The molecule has 0 spiro atoms. The Hall–Kier alpha value is -0.940. The van der Waals surface area contributed by atoms with Crippen LogP contribution in [0, 0.1) is 0 Å². The molecule has 3 nitrogen and oxygen atoms in total. The number of alkyl halides is 2. The maximum absolute atomic E-state index is 12.2. The van der Waals surface area contributed by atoms with Crippen molar-refractivity contribution in [1.29, 1.82) is 0 Å². The van der Waals surface area contributed by atoms with E-state index in [-0.39, 0.29) is 21.3 Å². The molecule has 0 aromatic carbocycles. The summed E-state index contributed by atoms with van der Waals surface area (Å²) in [4.78, 5) is 9.70. The van der Waals surface area contributed by atoms with E-state index in [1.807, 2.05) is 0 Å². The van der Waals surface area contributed by atoms with Gasteiger partial charge in [-0.2, -0.15) is 0 Å². The van der Waals surface area contributed by atoms with Crippen molar-refractivity contribution in [1.82, 2.24) is 15.0 Å². The molecular formula is C7H3Cl2F2N3. The molecule has 0 saturated heterocycles. The zero-order valence-corrected chi connectivity index (χ0v) is 8.07. The Kier molecular flexibility index (Phi) is 2.28. The lowest BCUT2D eigenvalue weighted by atomic mass is 10.4. The number of imidazole rings is 1. The molecule has 2 aromatic rings. The van der Waals surface area contributed by atoms with Crippen molar-refractivity contribution in [3.05, 3.63) is 22.1 Å². The van der Waals surface area contributed by atoms with E-state index in [0.717, 1.165) is 0 Å². The third kappa shape index (κ3) is 1.53. The van der Waals surface area contributed by atoms with E-state index in [4.69, 9.17) is 23.2 Å². The van der Waals surface area contributed by atoms with Gasteiger partial charge in [-0.05, 0) is 6.07 Å². The van der Waals surface area contributed by atoms with Crippen LogP contribution in [0.2, 0.25) is 10.2 Å². The number of pyridine rings is 1. The van der Waals surface area contributed by atoms with E-state index in [0.29, 0.717) is 0 Å². The van der Waals surface area contributed by atoms with Gasteiger partial charge >= 0.3 is 0 Å². The molecule has 0 aliphatic rings. The lowest BCUT2D eigenvalue weighted by molar-refractivity contribution is 0.142. The van der Waals surface area contributed by atoms with Crippen molar-refractivity contribution in [3.63, 3.8) is 0 Å². The molecule has 0 saturated carbocycles. The van der Waals surface area contributed by atoms with E-state index >= 15 is 0 Å². The Morgan fingerprint density at radius 1 is 1.29 bits per heavy atom. The van der Waals surface area contributed by atoms with Crippen LogP contribution in [0.4, 0.5) is 8.78 Å². The van der Waals surface area contributed by atoms with Gasteiger partial charge in [0.2, 0.25) is 0 Å². The molecular weight excluding hydrogens is 235 g/mol. The predicted molar refractivity (Wildman–Crippen MR) is 48.9 cm³/mol. The number of hydrogen-bond donors (Lipinski definition) is 1. The summed E-state index contributed by atoms with van der Waals surface area (Å²) < 4.78 is 24.5. The van der Waals surface area contributed by atoms with Gasteiger partial charge in [-0.3, -0.25) is 0 Å². The number of nitrogens with one attached hydrogen (secondary N) is 1. The summed E-state index contributed by atoms with van der Waals surface area (Å²) in [5.41, 5.74) is 0.365. The summed E-state index contributed by atoms with van der Waals surface area (Å²) in [5.74, 6) is -0.461. The smallest absolute Gasteiger partial charge is 0.295 e. The van der Waals surface area contributed by atoms with Crippen molar-refractivity contribution >= 4 is 34.4 Å². The molecule has 2 aromatic heterocycles. The normalized spacial score (nSPS) is 11.5. The van der Waals surface area contributed by atoms with Crippen molar-refractivity contribution in [2.75, 3.05) is 0 Å². The highest BCUT2D eigenvalue weighted by atomic mass is 35.5. The average molecular weight is 238 g/mol. The summed E-state index contributed by atoms with van der Waals surface area (Å²) >= 11 is 11.3. The highest BCUT2D eigenvalue weighted by Gasteiger charge is 2.15. The van der Waals surface area contributed by atoms with E-state index in [9.17, 15) is 8.78 Å². The molecule has 0 aliphatic heterocycles. The van der Waals surface area contributed by atoms with Gasteiger partial charge in [0.1, 0.15) is 10.7 Å². The standard InChI is InChI=1S/C7H3Cl2F2N3/c8-2-1-3(9)12-6-4(2)13-7(14-6)5(10)11/h1,5H,(H,12,13,14). The molecule has 0 fully saturated rings. The van der Waals surface area contributed by atoms with Gasteiger partial charge in [-0.25, -0.2) is 18.7 Å². The summed E-state index contributed by atoms with van der Waals surface area (Å²) in [6, 6.07) is 1.35. The molecule has 0 radical (unpaired) electrons. The minimum Gasteiger partial charge on any atom is -0.322 e. The molecule has 0 aliphatic carbocycles. The quantitative estimate of drug-likeness (QED) is 0.775. The first kappa shape index (κ1) is 9.61. The molecule has 0 unspecified atom stereocenters. The Balaban J connectivity index is 2.70. The van der Waals surface area contributed by atoms with E-state index in [1.165, 1.54) is 6.07 Å². The Bertz CT molecular complexity index is 483. The maximum atomic E-state index is 12.2. The van der Waals surface area contributed by atoms with E-state index in [1.54, 1.807) is 0 Å². The van der Waals surface area contributed by atoms with Gasteiger partial charge in [0.15, 0.2) is 11.5 Å². The van der Waals surface area contributed by atoms with Crippen LogP contribution in [0.25, 0.3) is 11.2 Å². The molecule has 14 heavy (non-hydrogen) atoms. The average Bonchev–Trinajstić information content (AvgIpc) is 2.47. The molecule has 2 heterocycles. The van der Waals surface area contributed by atoms with Crippen LogP contribution in [-0.4, -0.2) is 15.0 Å². The topological polar surface area (TPSA) is 41.6 Å². The number of fused-ring (bicyclic) bond motifs is 1. The summed E-state index contributed by atoms with van der Waals surface area (Å²) in [5, 5.41) is 0.329.